The summed E-state index contributed by atoms with van der Waals surface area (Å²) in [5.74, 6) is -2.93. The Labute approximate surface area is 84.5 Å². The smallest absolute Gasteiger partial charge is 0.333 e. The van der Waals surface area contributed by atoms with Gasteiger partial charge in [0.15, 0.2) is 5.03 Å². The molecule has 0 aliphatic carbocycles. The molecule has 0 heterocycles. The first-order valence-corrected chi connectivity index (χ1v) is 4.02. The van der Waals surface area contributed by atoms with Crippen LogP contribution in [-0.2, 0) is 9.59 Å². The molecule has 14 heavy (non-hydrogen) atoms. The number of hydrogen-bond donors (Lipinski definition) is 2. The molecular weight excluding hydrogens is 212 g/mol. The molecule has 0 fully saturated rings. The number of carboxylic acid groups (broad SMARTS) is 1. The molecule has 0 spiro atoms. The Kier molecular flexibility index (Phi) is 4.64. The van der Waals surface area contributed by atoms with Crippen molar-refractivity contribution >= 4 is 24.5 Å². The minimum absolute atomic E-state index is 0.0255. The molecule has 0 aliphatic rings. The van der Waals surface area contributed by atoms with Gasteiger partial charge in [0, 0.05) is 11.8 Å². The highest BCUT2D eigenvalue weighted by molar-refractivity contribution is 7.80. The summed E-state index contributed by atoms with van der Waals surface area (Å²) in [5.41, 5.74) is 0. The molecule has 0 bridgehead atoms. The van der Waals surface area contributed by atoms with Crippen molar-refractivity contribution in [1.29, 1.82) is 0 Å². The van der Waals surface area contributed by atoms with Gasteiger partial charge in [0.05, 0.1) is 0 Å². The van der Waals surface area contributed by atoms with Gasteiger partial charge in [-0.15, -0.1) is 0 Å². The van der Waals surface area contributed by atoms with E-state index in [9.17, 15) is 19.7 Å². The zero-order valence-electron chi connectivity index (χ0n) is 6.99. The Morgan fingerprint density at radius 3 is 2.43 bits per heavy atom. The third-order valence-electron chi connectivity index (χ3n) is 1.33. The molecule has 0 aromatic rings. The highest BCUT2D eigenvalue weighted by atomic mass is 32.1. The maximum absolute atomic E-state index is 10.9. The summed E-state index contributed by atoms with van der Waals surface area (Å²) in [7, 11) is 0. The van der Waals surface area contributed by atoms with Crippen LogP contribution in [0.3, 0.4) is 0 Å². The van der Waals surface area contributed by atoms with E-state index in [1.165, 1.54) is 0 Å². The summed E-state index contributed by atoms with van der Waals surface area (Å²) in [4.78, 5) is 31.8. The van der Waals surface area contributed by atoms with Crippen molar-refractivity contribution in [1.82, 2.24) is 5.01 Å². The first-order chi connectivity index (χ1) is 6.45. The molecule has 1 N–H and O–H groups in total. The molecule has 0 aromatic heterocycles. The van der Waals surface area contributed by atoms with Crippen LogP contribution in [0.25, 0.3) is 0 Å². The van der Waals surface area contributed by atoms with Gasteiger partial charge < -0.3 is 5.11 Å². The molecule has 0 unspecified atom stereocenters. The van der Waals surface area contributed by atoms with E-state index in [2.05, 4.69) is 19.2 Å². The molecule has 0 aromatic carbocycles. The van der Waals surface area contributed by atoms with Crippen LogP contribution in [0.4, 0.5) is 0 Å². The summed E-state index contributed by atoms with van der Waals surface area (Å²) in [6, 6.07) is -1.60. The lowest BCUT2D eigenvalue weighted by atomic mass is 10.3. The third-order valence-corrected chi connectivity index (χ3v) is 1.68. The fourth-order valence-corrected chi connectivity index (χ4v) is 1.01. The molecule has 0 saturated heterocycles. The number of aliphatic carboxylic acids is 1. The molecule has 0 rings (SSSR count). The number of nitro groups is 1. The monoisotopic (exact) mass is 220 g/mol. The van der Waals surface area contributed by atoms with Gasteiger partial charge in [-0.25, -0.2) is 14.9 Å². The zero-order valence-corrected chi connectivity index (χ0v) is 7.89. The normalized spacial score (nSPS) is 11.5. The Hall–Kier alpha value is -1.57. The largest absolute Gasteiger partial charge is 0.480 e. The number of rotatable bonds is 5. The first kappa shape index (κ1) is 12.4. The highest BCUT2D eigenvalue weighted by Crippen LogP contribution is 2.04. The van der Waals surface area contributed by atoms with Gasteiger partial charge >= 0.3 is 11.9 Å². The van der Waals surface area contributed by atoms with Crippen LogP contribution in [-0.4, -0.2) is 38.8 Å². The summed E-state index contributed by atoms with van der Waals surface area (Å²) >= 11 is 3.61. The van der Waals surface area contributed by atoms with Crippen LogP contribution in [0.5, 0.6) is 0 Å². The second kappa shape index (κ2) is 5.22. The lowest BCUT2D eigenvalue weighted by molar-refractivity contribution is -0.638. The molecule has 8 heteroatoms. The average Bonchev–Trinajstić information content (AvgIpc) is 2.11. The molecule has 78 valence electrons. The van der Waals surface area contributed by atoms with E-state index >= 15 is 0 Å². The highest BCUT2D eigenvalue weighted by Gasteiger charge is 2.36. The van der Waals surface area contributed by atoms with Crippen LogP contribution in [0, 0.1) is 10.1 Å². The maximum Gasteiger partial charge on any atom is 0.333 e. The SMILES string of the molecule is C=CC(=O)N([C@@H](CS)C(=O)O)[N+](=O)[O-]. The number of nitrogens with zero attached hydrogens (tertiary/aromatic N) is 2. The van der Waals surface area contributed by atoms with Crippen molar-refractivity contribution in [2.75, 3.05) is 5.75 Å². The number of thiol groups is 1. The second-order valence-corrected chi connectivity index (χ2v) is 2.53. The van der Waals surface area contributed by atoms with Crippen molar-refractivity contribution < 1.29 is 19.7 Å². The lowest BCUT2D eigenvalue weighted by Crippen LogP contribution is -2.48. The predicted molar refractivity (Wildman–Crippen MR) is 49.3 cm³/mol. The van der Waals surface area contributed by atoms with Crippen molar-refractivity contribution in [2.45, 2.75) is 6.04 Å². The van der Waals surface area contributed by atoms with Gasteiger partial charge in [0.1, 0.15) is 0 Å². The number of hydrogen-bond acceptors (Lipinski definition) is 5. The molecule has 0 radical (unpaired) electrons. The molecule has 1 atom stereocenters. The minimum atomic E-state index is -1.60. The van der Waals surface area contributed by atoms with Gasteiger partial charge in [-0.05, 0) is 5.01 Å². The van der Waals surface area contributed by atoms with E-state index in [1.54, 1.807) is 0 Å². The molecule has 1 amide bonds. The van der Waals surface area contributed by atoms with Crippen molar-refractivity contribution in [3.05, 3.63) is 22.8 Å². The number of carbonyl (C=O) groups excluding carboxylic acids is 1. The second-order valence-electron chi connectivity index (χ2n) is 2.16. The van der Waals surface area contributed by atoms with Crippen molar-refractivity contribution in [3.8, 4) is 0 Å². The fourth-order valence-electron chi connectivity index (χ4n) is 0.701. The third kappa shape index (κ3) is 2.73. The van der Waals surface area contributed by atoms with E-state index in [4.69, 9.17) is 5.11 Å². The van der Waals surface area contributed by atoms with Gasteiger partial charge in [-0.2, -0.15) is 12.6 Å². The number of amides is 1. The van der Waals surface area contributed by atoms with Crippen LogP contribution in [0.1, 0.15) is 0 Å². The van der Waals surface area contributed by atoms with Crippen LogP contribution < -0.4 is 0 Å². The Balaban J connectivity index is 4.97. The van der Waals surface area contributed by atoms with Crippen molar-refractivity contribution in [2.24, 2.45) is 0 Å². The molecule has 0 saturated carbocycles. The molecule has 0 aliphatic heterocycles. The summed E-state index contributed by atoms with van der Waals surface area (Å²) in [6.07, 6.45) is 0.669. The topological polar surface area (TPSA) is 101 Å². The first-order valence-electron chi connectivity index (χ1n) is 3.39. The summed E-state index contributed by atoms with van der Waals surface area (Å²) in [5, 5.41) is 17.8. The minimum Gasteiger partial charge on any atom is -0.480 e. The standard InChI is InChI=1S/C6H8N2O5S/c1-2-5(9)7(8(12)13)4(3-14)6(10)11/h2,4,14H,1,3H2,(H,10,11)/t4-/m0/s1. The van der Waals surface area contributed by atoms with Crippen LogP contribution in [0.15, 0.2) is 12.7 Å². The Morgan fingerprint density at radius 2 is 2.21 bits per heavy atom. The van der Waals surface area contributed by atoms with E-state index in [0.29, 0.717) is 6.08 Å². The number of hydrazine groups is 1. The summed E-state index contributed by atoms with van der Waals surface area (Å²) < 4.78 is 0. The van der Waals surface area contributed by atoms with E-state index in [1.807, 2.05) is 0 Å². The van der Waals surface area contributed by atoms with E-state index in [-0.39, 0.29) is 10.8 Å². The van der Waals surface area contributed by atoms with Crippen LogP contribution >= 0.6 is 12.6 Å². The molecular formula is C6H8N2O5S. The van der Waals surface area contributed by atoms with Gasteiger partial charge in [-0.3, -0.25) is 4.79 Å². The Morgan fingerprint density at radius 1 is 1.71 bits per heavy atom. The number of carboxylic acids is 1. The van der Waals surface area contributed by atoms with Crippen LogP contribution in [0.2, 0.25) is 0 Å². The fraction of sp³-hybridized carbons (Fsp3) is 0.333. The number of carbonyl (C=O) groups is 2. The van der Waals surface area contributed by atoms with Crippen molar-refractivity contribution in [3.63, 3.8) is 0 Å². The van der Waals surface area contributed by atoms with E-state index in [0.717, 1.165) is 0 Å². The van der Waals surface area contributed by atoms with Gasteiger partial charge in [0.2, 0.25) is 6.04 Å². The van der Waals surface area contributed by atoms with Gasteiger partial charge in [-0.1, -0.05) is 6.58 Å². The zero-order chi connectivity index (χ0) is 11.3. The average molecular weight is 220 g/mol. The molecule has 7 nitrogen and oxygen atoms in total. The summed E-state index contributed by atoms with van der Waals surface area (Å²) in [6.45, 7) is 3.03. The Bertz CT molecular complexity index is 279. The quantitative estimate of drug-likeness (QED) is 0.283. The maximum atomic E-state index is 10.9. The van der Waals surface area contributed by atoms with E-state index < -0.39 is 23.0 Å². The predicted octanol–water partition coefficient (Wildman–Crippen LogP) is -0.424. The lowest BCUT2D eigenvalue weighted by Gasteiger charge is -2.15. The van der Waals surface area contributed by atoms with Gasteiger partial charge in [0.25, 0.3) is 0 Å².